The van der Waals surface area contributed by atoms with Gasteiger partial charge in [-0.15, -0.1) is 0 Å². The summed E-state index contributed by atoms with van der Waals surface area (Å²) < 4.78 is 5.41. The molecule has 1 aliphatic rings. The van der Waals surface area contributed by atoms with Crippen LogP contribution in [0.4, 0.5) is 5.69 Å². The predicted octanol–water partition coefficient (Wildman–Crippen LogP) is 3.12. The van der Waals surface area contributed by atoms with Crippen molar-refractivity contribution in [2.45, 2.75) is 13.8 Å². The predicted molar refractivity (Wildman–Crippen MR) is 95.4 cm³/mol. The maximum absolute atomic E-state index is 5.41. The van der Waals surface area contributed by atoms with Crippen LogP contribution in [0.3, 0.4) is 0 Å². The van der Waals surface area contributed by atoms with Gasteiger partial charge in [-0.05, 0) is 32.0 Å². The first-order chi connectivity index (χ1) is 11.7. The van der Waals surface area contributed by atoms with Crippen molar-refractivity contribution in [2.75, 3.05) is 31.2 Å². The molecule has 2 heterocycles. The van der Waals surface area contributed by atoms with Gasteiger partial charge < -0.3 is 9.64 Å². The Morgan fingerprint density at radius 1 is 0.958 bits per heavy atom. The summed E-state index contributed by atoms with van der Waals surface area (Å²) in [5.74, 6) is 0. The molecular weight excluding hydrogens is 300 g/mol. The lowest BCUT2D eigenvalue weighted by atomic mass is 10.1. The van der Waals surface area contributed by atoms with Gasteiger partial charge in [0.15, 0.2) is 0 Å². The molecule has 0 N–H and O–H groups in total. The first kappa shape index (κ1) is 16.3. The third kappa shape index (κ3) is 4.26. The van der Waals surface area contributed by atoms with Crippen molar-refractivity contribution < 1.29 is 4.74 Å². The van der Waals surface area contributed by atoms with Gasteiger partial charge in [0.1, 0.15) is 0 Å². The van der Waals surface area contributed by atoms with Crippen molar-refractivity contribution in [3.8, 4) is 11.3 Å². The highest BCUT2D eigenvalue weighted by atomic mass is 16.5. The largest absolute Gasteiger partial charge is 0.378 e. The Balaban J connectivity index is 1.96. The number of hydrogen-bond donors (Lipinski definition) is 0. The number of benzene rings is 1. The summed E-state index contributed by atoms with van der Waals surface area (Å²) in [6.45, 7) is 7.36. The molecule has 1 saturated heterocycles. The highest BCUT2D eigenvalue weighted by Crippen LogP contribution is 2.22. The molecule has 0 bridgehead atoms. The van der Waals surface area contributed by atoms with Gasteiger partial charge in [-0.25, -0.2) is 0 Å². The molecule has 0 radical (unpaired) electrons. The third-order valence-corrected chi connectivity index (χ3v) is 3.87. The van der Waals surface area contributed by atoms with Gasteiger partial charge in [0.2, 0.25) is 0 Å². The molecular formula is C19H22N4O. The molecule has 2 aromatic rings. The van der Waals surface area contributed by atoms with E-state index in [1.54, 1.807) is 18.6 Å². The second-order valence-electron chi connectivity index (χ2n) is 5.78. The average Bonchev–Trinajstić information content (AvgIpc) is 2.62. The summed E-state index contributed by atoms with van der Waals surface area (Å²) in [5.41, 5.74) is 4.94. The van der Waals surface area contributed by atoms with Crippen LogP contribution in [0, 0.1) is 13.8 Å². The minimum absolute atomic E-state index is 0.791. The fraction of sp³-hybridized carbons (Fsp3) is 0.316. The van der Waals surface area contributed by atoms with E-state index >= 15 is 0 Å². The molecule has 0 aliphatic carbocycles. The van der Waals surface area contributed by atoms with Gasteiger partial charge in [-0.3, -0.25) is 15.0 Å². The number of ether oxygens (including phenoxy) is 1. The smallest absolute Gasteiger partial charge is 0.0723 e. The molecule has 0 saturated carbocycles. The monoisotopic (exact) mass is 322 g/mol. The van der Waals surface area contributed by atoms with Crippen molar-refractivity contribution in [2.24, 2.45) is 0 Å². The number of aryl methyl sites for hydroxylation is 2. The summed E-state index contributed by atoms with van der Waals surface area (Å²) in [5, 5.41) is 0. The van der Waals surface area contributed by atoms with E-state index in [0.29, 0.717) is 0 Å². The number of morpholine rings is 1. The summed E-state index contributed by atoms with van der Waals surface area (Å²) >= 11 is 0. The second kappa shape index (κ2) is 7.84. The van der Waals surface area contributed by atoms with Crippen LogP contribution in [0.5, 0.6) is 0 Å². The highest BCUT2D eigenvalue weighted by molar-refractivity contribution is 5.63. The lowest BCUT2D eigenvalue weighted by molar-refractivity contribution is 0.122. The van der Waals surface area contributed by atoms with Crippen molar-refractivity contribution in [1.82, 2.24) is 15.0 Å². The van der Waals surface area contributed by atoms with Crippen LogP contribution in [0.2, 0.25) is 0 Å². The Morgan fingerprint density at radius 3 is 2.46 bits per heavy atom. The zero-order chi connectivity index (χ0) is 16.8. The van der Waals surface area contributed by atoms with Gasteiger partial charge in [-0.2, -0.15) is 0 Å². The Kier molecular flexibility index (Phi) is 5.33. The van der Waals surface area contributed by atoms with E-state index in [-0.39, 0.29) is 0 Å². The Labute approximate surface area is 142 Å². The standard InChI is InChI=1S/C19H22N4O/c1-15-13-19(22-16(2)14-20-7-8-21-15)17-3-5-18(6-4-17)23-9-11-24-12-10-23/h3-8,13-14H,9-12H2,1-2H3. The van der Waals surface area contributed by atoms with Crippen LogP contribution in [-0.2, 0) is 4.74 Å². The number of rotatable bonds is 2. The van der Waals surface area contributed by atoms with E-state index in [1.165, 1.54) is 5.69 Å². The van der Waals surface area contributed by atoms with E-state index in [0.717, 1.165) is 48.9 Å². The van der Waals surface area contributed by atoms with Gasteiger partial charge in [-0.1, -0.05) is 12.1 Å². The van der Waals surface area contributed by atoms with E-state index in [9.17, 15) is 0 Å². The van der Waals surface area contributed by atoms with Crippen molar-refractivity contribution in [1.29, 1.82) is 0 Å². The Hall–Kier alpha value is -2.53. The maximum Gasteiger partial charge on any atom is 0.0723 e. The lowest BCUT2D eigenvalue weighted by Gasteiger charge is -2.28. The van der Waals surface area contributed by atoms with Crippen molar-refractivity contribution >= 4 is 5.69 Å². The lowest BCUT2D eigenvalue weighted by Crippen LogP contribution is -2.36. The van der Waals surface area contributed by atoms with E-state index < -0.39 is 0 Å². The summed E-state index contributed by atoms with van der Waals surface area (Å²) in [7, 11) is 0. The minimum Gasteiger partial charge on any atom is -0.378 e. The third-order valence-electron chi connectivity index (χ3n) is 3.87. The van der Waals surface area contributed by atoms with Gasteiger partial charge >= 0.3 is 0 Å². The van der Waals surface area contributed by atoms with E-state index in [4.69, 9.17) is 4.74 Å². The van der Waals surface area contributed by atoms with Crippen molar-refractivity contribution in [3.05, 3.63) is 60.3 Å². The summed E-state index contributed by atoms with van der Waals surface area (Å²) in [6, 6.07) is 10.5. The Bertz CT molecular complexity index is 708. The fourth-order valence-electron chi connectivity index (χ4n) is 2.64. The van der Waals surface area contributed by atoms with Crippen molar-refractivity contribution in [3.63, 3.8) is 0 Å². The number of nitrogens with zero attached hydrogens (tertiary/aromatic N) is 4. The first-order valence-corrected chi connectivity index (χ1v) is 8.15. The molecule has 0 unspecified atom stereocenters. The molecule has 5 nitrogen and oxygen atoms in total. The number of hydrogen-bond acceptors (Lipinski definition) is 5. The van der Waals surface area contributed by atoms with Gasteiger partial charge in [0, 0.05) is 48.6 Å². The minimum atomic E-state index is 0.791. The average molecular weight is 322 g/mol. The normalized spacial score (nSPS) is 14.2. The van der Waals surface area contributed by atoms with Crippen LogP contribution in [0.25, 0.3) is 11.3 Å². The van der Waals surface area contributed by atoms with Crippen LogP contribution in [-0.4, -0.2) is 41.3 Å². The quantitative estimate of drug-likeness (QED) is 0.850. The molecule has 1 aliphatic heterocycles. The molecule has 0 amide bonds. The molecule has 0 atom stereocenters. The van der Waals surface area contributed by atoms with Gasteiger partial charge in [0.05, 0.1) is 24.6 Å². The molecule has 1 aromatic heterocycles. The maximum atomic E-state index is 5.41. The van der Waals surface area contributed by atoms with Crippen LogP contribution >= 0.6 is 0 Å². The Morgan fingerprint density at radius 2 is 1.71 bits per heavy atom. The topological polar surface area (TPSA) is 51.1 Å². The zero-order valence-corrected chi connectivity index (χ0v) is 14.1. The van der Waals surface area contributed by atoms with Crippen LogP contribution in [0.15, 0.2) is 48.9 Å². The van der Waals surface area contributed by atoms with E-state index in [1.807, 2.05) is 19.9 Å². The number of aromatic nitrogens is 3. The highest BCUT2D eigenvalue weighted by Gasteiger charge is 2.11. The molecule has 5 heteroatoms. The number of anilines is 1. The molecule has 1 fully saturated rings. The molecule has 1 aromatic carbocycles. The van der Waals surface area contributed by atoms with Crippen LogP contribution in [0.1, 0.15) is 11.4 Å². The molecule has 3 rings (SSSR count). The molecule has 0 spiro atoms. The summed E-state index contributed by atoms with van der Waals surface area (Å²) in [6.07, 6.45) is 5.10. The summed E-state index contributed by atoms with van der Waals surface area (Å²) in [4.78, 5) is 15.5. The zero-order valence-electron chi connectivity index (χ0n) is 14.1. The molecule has 24 heavy (non-hydrogen) atoms. The fourth-order valence-corrected chi connectivity index (χ4v) is 2.64. The molecule has 124 valence electrons. The SMILES string of the molecule is Cc1cc(-c2ccc(N3CCOCC3)cc2)nc(C)cnccn1. The van der Waals surface area contributed by atoms with Crippen LogP contribution < -0.4 is 4.90 Å². The first-order valence-electron chi connectivity index (χ1n) is 8.15. The van der Waals surface area contributed by atoms with Gasteiger partial charge in [0.25, 0.3) is 0 Å². The second-order valence-corrected chi connectivity index (χ2v) is 5.78. The van der Waals surface area contributed by atoms with E-state index in [2.05, 4.69) is 44.1 Å².